The number of alkyl halides is 2. The minimum Gasteiger partial charge on any atom is -0.494 e. The van der Waals surface area contributed by atoms with E-state index in [2.05, 4.69) is 29.9 Å². The summed E-state index contributed by atoms with van der Waals surface area (Å²) in [5.74, 6) is -0.292. The fourth-order valence-electron chi connectivity index (χ4n) is 3.90. The van der Waals surface area contributed by atoms with E-state index in [1.807, 2.05) is 0 Å². The van der Waals surface area contributed by atoms with E-state index in [0.717, 1.165) is 10.1 Å². The standard InChI is InChI=1S/C25H27F2N7O6S/c1-14-12-28-22(29-13-14)21(39-5)15(2)41(35,36)33-25-32-31-23(16-8-6-11-19(30-16)38-4)34(25)20-17(37-3)9-7-10-18(20)40-24(26)27/h6-13,15,21,24H,1-5H3,(H,32,33). The van der Waals surface area contributed by atoms with Crippen LogP contribution in [0.2, 0.25) is 0 Å². The number of pyridine rings is 1. The minimum atomic E-state index is -4.30. The number of aromatic nitrogens is 6. The Morgan fingerprint density at radius 2 is 1.63 bits per heavy atom. The van der Waals surface area contributed by atoms with Gasteiger partial charge < -0.3 is 18.9 Å². The number of sulfonamides is 1. The van der Waals surface area contributed by atoms with Gasteiger partial charge in [-0.25, -0.2) is 23.4 Å². The molecule has 1 aromatic carbocycles. The van der Waals surface area contributed by atoms with Crippen LogP contribution in [0.3, 0.4) is 0 Å². The van der Waals surface area contributed by atoms with Crippen molar-refractivity contribution in [3.8, 4) is 34.6 Å². The summed E-state index contributed by atoms with van der Waals surface area (Å²) in [6.45, 7) is -0.00843. The molecule has 0 fully saturated rings. The average Bonchev–Trinajstić information content (AvgIpc) is 3.36. The maximum Gasteiger partial charge on any atom is 0.387 e. The lowest BCUT2D eigenvalue weighted by Crippen LogP contribution is -2.33. The molecule has 4 rings (SSSR count). The highest BCUT2D eigenvalue weighted by Crippen LogP contribution is 2.38. The summed E-state index contributed by atoms with van der Waals surface area (Å²) in [5.41, 5.74) is 0.866. The number of halogens is 2. The van der Waals surface area contributed by atoms with E-state index in [4.69, 9.17) is 18.9 Å². The molecule has 0 bridgehead atoms. The van der Waals surface area contributed by atoms with Gasteiger partial charge in [0.05, 0.1) is 14.2 Å². The minimum absolute atomic E-state index is 0.0250. The molecule has 0 aliphatic carbocycles. The van der Waals surface area contributed by atoms with Crippen molar-refractivity contribution < 1.29 is 36.1 Å². The molecule has 4 aromatic rings. The predicted octanol–water partition coefficient (Wildman–Crippen LogP) is 3.56. The molecule has 0 saturated carbocycles. The molecule has 0 spiro atoms. The first kappa shape index (κ1) is 29.5. The molecule has 0 saturated heterocycles. The van der Waals surface area contributed by atoms with Crippen molar-refractivity contribution in [2.24, 2.45) is 0 Å². The first-order valence-corrected chi connectivity index (χ1v) is 13.6. The first-order chi connectivity index (χ1) is 19.6. The number of ether oxygens (including phenoxy) is 4. The second-order valence-electron chi connectivity index (χ2n) is 8.56. The fraction of sp³-hybridized carbons (Fsp3) is 0.320. The maximum atomic E-state index is 13.6. The van der Waals surface area contributed by atoms with Gasteiger partial charge in [0.25, 0.3) is 0 Å². The lowest BCUT2D eigenvalue weighted by atomic mass is 10.2. The van der Waals surface area contributed by atoms with Crippen LogP contribution < -0.4 is 18.9 Å². The molecule has 0 aliphatic rings. The normalized spacial score (nSPS) is 13.1. The predicted molar refractivity (Wildman–Crippen MR) is 143 cm³/mol. The van der Waals surface area contributed by atoms with E-state index in [1.54, 1.807) is 25.1 Å². The van der Waals surface area contributed by atoms with Crippen molar-refractivity contribution in [2.75, 3.05) is 26.1 Å². The van der Waals surface area contributed by atoms with E-state index < -0.39 is 28.0 Å². The monoisotopic (exact) mass is 591 g/mol. The number of hydrogen-bond donors (Lipinski definition) is 1. The van der Waals surface area contributed by atoms with Crippen LogP contribution in [0.15, 0.2) is 48.8 Å². The highest BCUT2D eigenvalue weighted by molar-refractivity contribution is 7.93. The van der Waals surface area contributed by atoms with Gasteiger partial charge in [0, 0.05) is 25.6 Å². The zero-order chi connectivity index (χ0) is 29.7. The topological polar surface area (TPSA) is 152 Å². The summed E-state index contributed by atoms with van der Waals surface area (Å²) >= 11 is 0. The number of hydrogen-bond acceptors (Lipinski definition) is 11. The largest absolute Gasteiger partial charge is 0.494 e. The van der Waals surface area contributed by atoms with Crippen LogP contribution in [0, 0.1) is 6.92 Å². The Morgan fingerprint density at radius 3 is 2.27 bits per heavy atom. The van der Waals surface area contributed by atoms with E-state index in [1.165, 1.54) is 58.8 Å². The summed E-state index contributed by atoms with van der Waals surface area (Å²) in [4.78, 5) is 12.7. The number of para-hydroxylation sites is 1. The molecule has 2 atom stereocenters. The smallest absolute Gasteiger partial charge is 0.387 e. The Balaban J connectivity index is 1.87. The summed E-state index contributed by atoms with van der Waals surface area (Å²) in [6, 6.07) is 8.95. The molecule has 16 heteroatoms. The van der Waals surface area contributed by atoms with E-state index in [0.29, 0.717) is 0 Å². The van der Waals surface area contributed by atoms with E-state index in [9.17, 15) is 17.2 Å². The fourth-order valence-corrected chi connectivity index (χ4v) is 5.03. The third kappa shape index (κ3) is 6.33. The van der Waals surface area contributed by atoms with Crippen LogP contribution in [0.1, 0.15) is 24.4 Å². The summed E-state index contributed by atoms with van der Waals surface area (Å²) in [5, 5.41) is 6.91. The van der Waals surface area contributed by atoms with Crippen LogP contribution in [0.4, 0.5) is 14.7 Å². The van der Waals surface area contributed by atoms with Gasteiger partial charge in [-0.2, -0.15) is 8.78 Å². The summed E-state index contributed by atoms with van der Waals surface area (Å²) in [6.07, 6.45) is 2.02. The number of nitrogens with zero attached hydrogens (tertiary/aromatic N) is 6. The second kappa shape index (κ2) is 12.4. The molecule has 0 aliphatic heterocycles. The maximum absolute atomic E-state index is 13.6. The van der Waals surface area contributed by atoms with E-state index in [-0.39, 0.29) is 46.4 Å². The molecule has 218 valence electrons. The summed E-state index contributed by atoms with van der Waals surface area (Å²) in [7, 11) is -0.244. The average molecular weight is 592 g/mol. The van der Waals surface area contributed by atoms with Gasteiger partial charge in [-0.15, -0.1) is 10.2 Å². The first-order valence-electron chi connectivity index (χ1n) is 12.0. The van der Waals surface area contributed by atoms with Crippen LogP contribution in [-0.4, -0.2) is 71.3 Å². The van der Waals surface area contributed by atoms with Crippen LogP contribution in [0.25, 0.3) is 17.2 Å². The Labute approximate surface area is 234 Å². The van der Waals surface area contributed by atoms with Crippen LogP contribution in [-0.2, 0) is 14.8 Å². The van der Waals surface area contributed by atoms with Gasteiger partial charge in [0.15, 0.2) is 17.4 Å². The van der Waals surface area contributed by atoms with Crippen molar-refractivity contribution in [1.29, 1.82) is 0 Å². The van der Waals surface area contributed by atoms with E-state index >= 15 is 0 Å². The molecule has 0 radical (unpaired) electrons. The molecule has 3 aromatic heterocycles. The molecular weight excluding hydrogens is 564 g/mol. The third-order valence-electron chi connectivity index (χ3n) is 5.91. The van der Waals surface area contributed by atoms with Gasteiger partial charge in [0.1, 0.15) is 28.5 Å². The number of aryl methyl sites for hydroxylation is 1. The SMILES string of the molecule is COc1cccc(-c2nnc(NS(=O)(=O)C(C)C(OC)c3ncc(C)cn3)n2-c2c(OC)cccc2OC(F)F)n1. The van der Waals surface area contributed by atoms with Gasteiger partial charge in [-0.05, 0) is 37.6 Å². The molecule has 3 heterocycles. The highest BCUT2D eigenvalue weighted by atomic mass is 32.2. The Bertz CT molecular complexity index is 1600. The lowest BCUT2D eigenvalue weighted by molar-refractivity contribution is -0.0499. The van der Waals surface area contributed by atoms with Crippen molar-refractivity contribution in [3.05, 3.63) is 60.2 Å². The van der Waals surface area contributed by atoms with Gasteiger partial charge in [-0.1, -0.05) is 12.1 Å². The molecule has 41 heavy (non-hydrogen) atoms. The Morgan fingerprint density at radius 1 is 0.951 bits per heavy atom. The molecule has 13 nitrogen and oxygen atoms in total. The number of nitrogens with one attached hydrogen (secondary N) is 1. The Hall–Kier alpha value is -4.44. The zero-order valence-corrected chi connectivity index (χ0v) is 23.5. The summed E-state index contributed by atoms with van der Waals surface area (Å²) < 4.78 is 78.5. The van der Waals surface area contributed by atoms with Crippen LogP contribution in [0.5, 0.6) is 17.4 Å². The van der Waals surface area contributed by atoms with Crippen molar-refractivity contribution >= 4 is 16.0 Å². The quantitative estimate of drug-likeness (QED) is 0.257. The van der Waals surface area contributed by atoms with Crippen LogP contribution >= 0.6 is 0 Å². The Kier molecular flexibility index (Phi) is 8.92. The van der Waals surface area contributed by atoms with Gasteiger partial charge in [-0.3, -0.25) is 9.29 Å². The van der Waals surface area contributed by atoms with Crippen molar-refractivity contribution in [1.82, 2.24) is 29.7 Å². The molecule has 0 amide bonds. The van der Waals surface area contributed by atoms with Gasteiger partial charge >= 0.3 is 6.61 Å². The highest BCUT2D eigenvalue weighted by Gasteiger charge is 2.35. The van der Waals surface area contributed by atoms with Crippen molar-refractivity contribution in [3.63, 3.8) is 0 Å². The van der Waals surface area contributed by atoms with Crippen molar-refractivity contribution in [2.45, 2.75) is 31.8 Å². The molecular formula is C25H27F2N7O6S. The number of benzene rings is 1. The molecule has 2 unspecified atom stereocenters. The third-order valence-corrected chi connectivity index (χ3v) is 7.60. The number of methoxy groups -OCH3 is 3. The number of rotatable bonds is 12. The lowest BCUT2D eigenvalue weighted by Gasteiger charge is -2.23. The molecule has 1 N–H and O–H groups in total. The zero-order valence-electron chi connectivity index (χ0n) is 22.6. The number of anilines is 1. The van der Waals surface area contributed by atoms with Gasteiger partial charge in [0.2, 0.25) is 21.9 Å². The second-order valence-corrected chi connectivity index (χ2v) is 10.6.